The van der Waals surface area contributed by atoms with Crippen molar-refractivity contribution in [2.45, 2.75) is 13.0 Å². The molecule has 0 bridgehead atoms. The summed E-state index contributed by atoms with van der Waals surface area (Å²) in [6.07, 6.45) is 1.06. The van der Waals surface area contributed by atoms with E-state index in [1.165, 1.54) is 6.92 Å². The van der Waals surface area contributed by atoms with Crippen LogP contribution in [0, 0.1) is 17.0 Å². The molecule has 0 aliphatic carbocycles. The minimum absolute atomic E-state index is 0.0253. The molecule has 1 aromatic rings. The molecule has 1 saturated heterocycles. The van der Waals surface area contributed by atoms with E-state index >= 15 is 0 Å². The van der Waals surface area contributed by atoms with Crippen LogP contribution >= 0.6 is 0 Å². The summed E-state index contributed by atoms with van der Waals surface area (Å²) in [6.45, 7) is 1.75. The highest BCUT2D eigenvalue weighted by Crippen LogP contribution is 2.19. The van der Waals surface area contributed by atoms with Gasteiger partial charge < -0.3 is 14.7 Å². The van der Waals surface area contributed by atoms with Crippen LogP contribution in [-0.4, -0.2) is 57.6 Å². The molecule has 9 nitrogen and oxygen atoms in total. The summed E-state index contributed by atoms with van der Waals surface area (Å²) >= 11 is 0. The van der Waals surface area contributed by atoms with E-state index in [4.69, 9.17) is 9.84 Å². The van der Waals surface area contributed by atoms with Gasteiger partial charge in [-0.2, -0.15) is 0 Å². The Morgan fingerprint density at radius 3 is 2.90 bits per heavy atom. The maximum absolute atomic E-state index is 12.5. The number of aliphatic carboxylic acids is 1. The minimum Gasteiger partial charge on any atom is -0.480 e. The molecule has 1 N–H and O–H groups in total. The lowest BCUT2D eigenvalue weighted by molar-refractivity contribution is -0.385. The molecule has 0 radical (unpaired) electrons. The van der Waals surface area contributed by atoms with E-state index in [0.717, 1.165) is 17.2 Å². The smallest absolute Gasteiger partial charge is 0.328 e. The number of aromatic nitrogens is 1. The molecule has 21 heavy (non-hydrogen) atoms. The number of hydrogen-bond donors (Lipinski definition) is 1. The van der Waals surface area contributed by atoms with Crippen molar-refractivity contribution in [1.82, 2.24) is 9.88 Å². The summed E-state index contributed by atoms with van der Waals surface area (Å²) in [5.41, 5.74) is 0.0164. The van der Waals surface area contributed by atoms with E-state index < -0.39 is 22.8 Å². The van der Waals surface area contributed by atoms with Crippen LogP contribution in [0.3, 0.4) is 0 Å². The number of morpholine rings is 1. The molecule has 1 aliphatic rings. The average Bonchev–Trinajstić information content (AvgIpc) is 2.46. The van der Waals surface area contributed by atoms with Gasteiger partial charge in [-0.15, -0.1) is 0 Å². The molecule has 1 aromatic heterocycles. The highest BCUT2D eigenvalue weighted by Gasteiger charge is 2.34. The number of amides is 1. The molecule has 2 rings (SSSR count). The van der Waals surface area contributed by atoms with Gasteiger partial charge >= 0.3 is 5.97 Å². The molecular weight excluding hydrogens is 282 g/mol. The van der Waals surface area contributed by atoms with Gasteiger partial charge in [0.05, 0.1) is 29.4 Å². The summed E-state index contributed by atoms with van der Waals surface area (Å²) in [6, 6.07) is 0.00360. The van der Waals surface area contributed by atoms with Gasteiger partial charge in [-0.25, -0.2) is 4.79 Å². The largest absolute Gasteiger partial charge is 0.480 e. The number of nitro groups is 1. The molecule has 1 amide bonds. The van der Waals surface area contributed by atoms with Gasteiger partial charge in [0.15, 0.2) is 6.04 Å². The molecule has 1 fully saturated rings. The maximum Gasteiger partial charge on any atom is 0.328 e. The third-order valence-corrected chi connectivity index (χ3v) is 3.19. The van der Waals surface area contributed by atoms with Crippen molar-refractivity contribution in [1.29, 1.82) is 0 Å². The predicted octanol–water partition coefficient (Wildman–Crippen LogP) is 0.224. The Morgan fingerprint density at radius 1 is 1.57 bits per heavy atom. The molecule has 0 aromatic carbocycles. The summed E-state index contributed by atoms with van der Waals surface area (Å²) < 4.78 is 5.05. The number of nitrogens with zero attached hydrogens (tertiary/aromatic N) is 3. The van der Waals surface area contributed by atoms with Crippen LogP contribution in [0.5, 0.6) is 0 Å². The number of pyridine rings is 1. The Bertz CT molecular complexity index is 603. The zero-order valence-corrected chi connectivity index (χ0v) is 11.2. The number of aryl methyl sites for hydroxylation is 1. The van der Waals surface area contributed by atoms with Crippen LogP contribution in [0.4, 0.5) is 5.69 Å². The number of ether oxygens (including phenoxy) is 1. The molecular formula is C12H13N3O6. The lowest BCUT2D eigenvalue weighted by Crippen LogP contribution is -2.52. The quantitative estimate of drug-likeness (QED) is 0.625. The standard InChI is InChI=1S/C12H13N3O6/c1-7-9(4-8(5-13-7)15(19)20)11(16)14-2-3-21-6-10(14)12(17)18/h4-5,10H,2-3,6H2,1H3,(H,17,18). The van der Waals surface area contributed by atoms with Crippen LogP contribution in [0.1, 0.15) is 16.1 Å². The van der Waals surface area contributed by atoms with Gasteiger partial charge in [-0.1, -0.05) is 0 Å². The number of rotatable bonds is 3. The molecule has 2 heterocycles. The van der Waals surface area contributed by atoms with Gasteiger partial charge in [-0.05, 0) is 6.92 Å². The second kappa shape index (κ2) is 5.83. The Balaban J connectivity index is 2.36. The van der Waals surface area contributed by atoms with E-state index in [9.17, 15) is 19.7 Å². The van der Waals surface area contributed by atoms with E-state index in [0.29, 0.717) is 5.69 Å². The van der Waals surface area contributed by atoms with Crippen molar-refractivity contribution in [3.05, 3.63) is 33.6 Å². The normalized spacial score (nSPS) is 18.3. The third-order valence-electron chi connectivity index (χ3n) is 3.19. The fourth-order valence-corrected chi connectivity index (χ4v) is 2.04. The van der Waals surface area contributed by atoms with Crippen LogP contribution in [0.15, 0.2) is 12.3 Å². The first-order chi connectivity index (χ1) is 9.91. The molecule has 1 aliphatic heterocycles. The zero-order valence-electron chi connectivity index (χ0n) is 11.2. The van der Waals surface area contributed by atoms with Crippen LogP contribution in [0.25, 0.3) is 0 Å². The molecule has 0 spiro atoms. The van der Waals surface area contributed by atoms with Gasteiger partial charge in [0.25, 0.3) is 11.6 Å². The third kappa shape index (κ3) is 2.97. The van der Waals surface area contributed by atoms with E-state index in [2.05, 4.69) is 4.98 Å². The fourth-order valence-electron chi connectivity index (χ4n) is 2.04. The summed E-state index contributed by atoms with van der Waals surface area (Å²) in [7, 11) is 0. The fraction of sp³-hybridized carbons (Fsp3) is 0.417. The van der Waals surface area contributed by atoms with Crippen LogP contribution in [0.2, 0.25) is 0 Å². The first-order valence-corrected chi connectivity index (χ1v) is 6.14. The van der Waals surface area contributed by atoms with Crippen molar-refractivity contribution in [3.63, 3.8) is 0 Å². The molecule has 0 saturated carbocycles. The lowest BCUT2D eigenvalue weighted by atomic mass is 10.1. The van der Waals surface area contributed by atoms with E-state index in [-0.39, 0.29) is 31.0 Å². The van der Waals surface area contributed by atoms with Crippen molar-refractivity contribution < 1.29 is 24.4 Å². The van der Waals surface area contributed by atoms with Crippen molar-refractivity contribution in [2.75, 3.05) is 19.8 Å². The van der Waals surface area contributed by atoms with Gasteiger partial charge in [0.2, 0.25) is 0 Å². The lowest BCUT2D eigenvalue weighted by Gasteiger charge is -2.33. The number of carboxylic acid groups (broad SMARTS) is 1. The van der Waals surface area contributed by atoms with Crippen LogP contribution < -0.4 is 0 Å². The summed E-state index contributed by atoms with van der Waals surface area (Å²) in [4.78, 5) is 38.7. The Labute approximate surface area is 119 Å². The van der Waals surface area contributed by atoms with Crippen LogP contribution in [-0.2, 0) is 9.53 Å². The predicted molar refractivity (Wildman–Crippen MR) is 68.9 cm³/mol. The first-order valence-electron chi connectivity index (χ1n) is 6.14. The zero-order chi connectivity index (χ0) is 15.6. The molecule has 112 valence electrons. The summed E-state index contributed by atoms with van der Waals surface area (Å²) in [5.74, 6) is -1.78. The molecule has 1 unspecified atom stereocenters. The highest BCUT2D eigenvalue weighted by atomic mass is 16.6. The minimum atomic E-state index is -1.18. The number of carboxylic acids is 1. The Morgan fingerprint density at radius 2 is 2.29 bits per heavy atom. The van der Waals surface area contributed by atoms with Gasteiger partial charge in [-0.3, -0.25) is 19.9 Å². The average molecular weight is 295 g/mol. The number of carbonyl (C=O) groups is 2. The second-order valence-electron chi connectivity index (χ2n) is 4.51. The molecule has 1 atom stereocenters. The Kier molecular flexibility index (Phi) is 4.13. The SMILES string of the molecule is Cc1ncc([N+](=O)[O-])cc1C(=O)N1CCOCC1C(=O)O. The van der Waals surface area contributed by atoms with Gasteiger partial charge in [0.1, 0.15) is 6.20 Å². The highest BCUT2D eigenvalue weighted by molar-refractivity contribution is 5.98. The van der Waals surface area contributed by atoms with Gasteiger partial charge in [0, 0.05) is 12.6 Å². The van der Waals surface area contributed by atoms with E-state index in [1.807, 2.05) is 0 Å². The van der Waals surface area contributed by atoms with E-state index in [1.54, 1.807) is 0 Å². The van der Waals surface area contributed by atoms with Crippen molar-refractivity contribution >= 4 is 17.6 Å². The second-order valence-corrected chi connectivity index (χ2v) is 4.51. The number of hydrogen-bond acceptors (Lipinski definition) is 6. The first kappa shape index (κ1) is 14.9. The maximum atomic E-state index is 12.5. The molecule has 9 heteroatoms. The topological polar surface area (TPSA) is 123 Å². The Hall–Kier alpha value is -2.55. The van der Waals surface area contributed by atoms with Crippen molar-refractivity contribution in [2.24, 2.45) is 0 Å². The monoisotopic (exact) mass is 295 g/mol. The summed E-state index contributed by atoms with van der Waals surface area (Å²) in [5, 5.41) is 19.9. The number of carbonyl (C=O) groups excluding carboxylic acids is 1. The van der Waals surface area contributed by atoms with Crippen molar-refractivity contribution in [3.8, 4) is 0 Å².